The van der Waals surface area contributed by atoms with Gasteiger partial charge in [-0.2, -0.15) is 0 Å². The van der Waals surface area contributed by atoms with Crippen LogP contribution in [0, 0.1) is 5.92 Å². The minimum atomic E-state index is 0.130. The molecule has 2 aliphatic rings. The predicted octanol–water partition coefficient (Wildman–Crippen LogP) is 0.613. The minimum Gasteiger partial charge on any atom is -0.375 e. The van der Waals surface area contributed by atoms with Crippen molar-refractivity contribution in [3.63, 3.8) is 0 Å². The lowest BCUT2D eigenvalue weighted by atomic mass is 10.0. The lowest BCUT2D eigenvalue weighted by molar-refractivity contribution is 0.00525. The van der Waals surface area contributed by atoms with Gasteiger partial charge in [-0.1, -0.05) is 6.08 Å². The van der Waals surface area contributed by atoms with E-state index >= 15 is 0 Å². The Bertz CT molecular complexity index is 319. The maximum Gasteiger partial charge on any atom is 0.191 e. The van der Waals surface area contributed by atoms with Crippen LogP contribution in [0.2, 0.25) is 0 Å². The Morgan fingerprint density at radius 1 is 1.50 bits per heavy atom. The van der Waals surface area contributed by atoms with Crippen molar-refractivity contribution in [2.24, 2.45) is 16.6 Å². The van der Waals surface area contributed by atoms with Crippen LogP contribution in [0.3, 0.4) is 0 Å². The van der Waals surface area contributed by atoms with Crippen LogP contribution in [0.15, 0.2) is 17.6 Å². The summed E-state index contributed by atoms with van der Waals surface area (Å²) in [6, 6.07) is 0. The highest BCUT2D eigenvalue weighted by atomic mass is 16.5. The first kappa shape index (κ1) is 13.4. The molecule has 2 saturated heterocycles. The highest BCUT2D eigenvalue weighted by molar-refractivity contribution is 5.78. The van der Waals surface area contributed by atoms with E-state index in [1.807, 2.05) is 6.08 Å². The van der Waals surface area contributed by atoms with E-state index in [-0.39, 0.29) is 12.2 Å². The van der Waals surface area contributed by atoms with Gasteiger partial charge in [-0.3, -0.25) is 4.99 Å². The van der Waals surface area contributed by atoms with Gasteiger partial charge in [0.05, 0.1) is 18.8 Å². The van der Waals surface area contributed by atoms with Gasteiger partial charge in [-0.15, -0.1) is 6.58 Å². The van der Waals surface area contributed by atoms with E-state index in [0.29, 0.717) is 18.4 Å². The lowest BCUT2D eigenvalue weighted by Crippen LogP contribution is -2.48. The molecule has 0 bridgehead atoms. The summed E-state index contributed by atoms with van der Waals surface area (Å²) in [4.78, 5) is 6.59. The standard InChI is InChI=1S/C13H23N3O2/c1-3-12-11(4-6-18-12)8-15-13(14)16-5-7-17-10(2)9-16/h3,10-12H,1,4-9H2,2H3,(H2,14,15)/t10?,11-,12-/m0/s1. The molecule has 0 aromatic carbocycles. The van der Waals surface area contributed by atoms with Crippen LogP contribution in [-0.4, -0.2) is 55.9 Å². The predicted molar refractivity (Wildman–Crippen MR) is 71.5 cm³/mol. The van der Waals surface area contributed by atoms with Gasteiger partial charge < -0.3 is 20.1 Å². The van der Waals surface area contributed by atoms with Gasteiger partial charge in [0.15, 0.2) is 5.96 Å². The van der Waals surface area contributed by atoms with Crippen molar-refractivity contribution in [1.82, 2.24) is 4.90 Å². The zero-order valence-corrected chi connectivity index (χ0v) is 11.0. The van der Waals surface area contributed by atoms with Crippen molar-refractivity contribution in [2.75, 3.05) is 32.8 Å². The summed E-state index contributed by atoms with van der Waals surface area (Å²) in [7, 11) is 0. The normalized spacial score (nSPS) is 33.7. The monoisotopic (exact) mass is 253 g/mol. The molecule has 3 atom stereocenters. The molecule has 2 aliphatic heterocycles. The fraction of sp³-hybridized carbons (Fsp3) is 0.769. The molecular formula is C13H23N3O2. The van der Waals surface area contributed by atoms with E-state index in [0.717, 1.165) is 32.7 Å². The molecule has 0 aliphatic carbocycles. The number of nitrogens with zero attached hydrogens (tertiary/aromatic N) is 2. The molecule has 0 radical (unpaired) electrons. The number of nitrogens with two attached hydrogens (primary N) is 1. The molecule has 0 aromatic rings. The van der Waals surface area contributed by atoms with Crippen LogP contribution >= 0.6 is 0 Å². The summed E-state index contributed by atoms with van der Waals surface area (Å²) >= 11 is 0. The average Bonchev–Trinajstić information content (AvgIpc) is 2.83. The Balaban J connectivity index is 1.86. The quantitative estimate of drug-likeness (QED) is 0.455. The van der Waals surface area contributed by atoms with Gasteiger partial charge in [0.1, 0.15) is 0 Å². The first-order valence-corrected chi connectivity index (χ1v) is 6.61. The number of hydrogen-bond acceptors (Lipinski definition) is 3. The third kappa shape index (κ3) is 3.23. The van der Waals surface area contributed by atoms with Gasteiger partial charge in [0.25, 0.3) is 0 Å². The summed E-state index contributed by atoms with van der Waals surface area (Å²) in [5, 5.41) is 0. The van der Waals surface area contributed by atoms with E-state index in [4.69, 9.17) is 15.2 Å². The van der Waals surface area contributed by atoms with Gasteiger partial charge in [0, 0.05) is 32.2 Å². The molecule has 2 rings (SSSR count). The van der Waals surface area contributed by atoms with Crippen molar-refractivity contribution in [3.05, 3.63) is 12.7 Å². The number of morpholine rings is 1. The molecule has 0 saturated carbocycles. The maximum absolute atomic E-state index is 6.03. The molecule has 2 N–H and O–H groups in total. The van der Waals surface area contributed by atoms with Crippen LogP contribution in [0.1, 0.15) is 13.3 Å². The summed E-state index contributed by atoms with van der Waals surface area (Å²) in [6.07, 6.45) is 3.25. The zero-order valence-electron chi connectivity index (χ0n) is 11.0. The van der Waals surface area contributed by atoms with Crippen molar-refractivity contribution >= 4 is 5.96 Å². The molecule has 2 fully saturated rings. The van der Waals surface area contributed by atoms with Crippen LogP contribution in [0.5, 0.6) is 0 Å². The van der Waals surface area contributed by atoms with Crippen LogP contribution in [-0.2, 0) is 9.47 Å². The fourth-order valence-corrected chi connectivity index (χ4v) is 2.45. The minimum absolute atomic E-state index is 0.130. The summed E-state index contributed by atoms with van der Waals surface area (Å²) in [5.74, 6) is 1.04. The molecule has 5 nitrogen and oxygen atoms in total. The molecule has 1 unspecified atom stereocenters. The molecule has 0 aromatic heterocycles. The molecule has 5 heteroatoms. The summed E-state index contributed by atoms with van der Waals surface area (Å²) in [5.41, 5.74) is 6.03. The van der Waals surface area contributed by atoms with E-state index in [1.54, 1.807) is 0 Å². The number of hydrogen-bond donors (Lipinski definition) is 1. The number of rotatable bonds is 3. The fourth-order valence-electron chi connectivity index (χ4n) is 2.45. The van der Waals surface area contributed by atoms with Crippen molar-refractivity contribution < 1.29 is 9.47 Å². The number of aliphatic imine (C=N–C) groups is 1. The Labute approximate surface area is 109 Å². The Kier molecular flexibility index (Phi) is 4.60. The number of guanidine groups is 1. The second-order valence-corrected chi connectivity index (χ2v) is 4.95. The van der Waals surface area contributed by atoms with E-state index in [2.05, 4.69) is 23.4 Å². The maximum atomic E-state index is 6.03. The third-order valence-corrected chi connectivity index (χ3v) is 3.55. The Hall–Kier alpha value is -1.07. The van der Waals surface area contributed by atoms with Gasteiger partial charge in [0.2, 0.25) is 0 Å². The lowest BCUT2D eigenvalue weighted by Gasteiger charge is -2.32. The average molecular weight is 253 g/mol. The topological polar surface area (TPSA) is 60.1 Å². The largest absolute Gasteiger partial charge is 0.375 e. The van der Waals surface area contributed by atoms with Crippen LogP contribution in [0.4, 0.5) is 0 Å². The second kappa shape index (κ2) is 6.20. The molecule has 2 heterocycles. The summed E-state index contributed by atoms with van der Waals surface area (Å²) < 4.78 is 11.0. The smallest absolute Gasteiger partial charge is 0.191 e. The zero-order chi connectivity index (χ0) is 13.0. The summed E-state index contributed by atoms with van der Waals surface area (Å²) in [6.45, 7) is 9.72. The molecule has 0 amide bonds. The number of ether oxygens (including phenoxy) is 2. The van der Waals surface area contributed by atoms with Crippen molar-refractivity contribution in [2.45, 2.75) is 25.6 Å². The molecule has 0 spiro atoms. The van der Waals surface area contributed by atoms with E-state index in [1.165, 1.54) is 0 Å². The van der Waals surface area contributed by atoms with E-state index < -0.39 is 0 Å². The van der Waals surface area contributed by atoms with E-state index in [9.17, 15) is 0 Å². The SMILES string of the molecule is C=C[C@@H]1OCC[C@H]1CN=C(N)N1CCOC(C)C1. The van der Waals surface area contributed by atoms with Gasteiger partial charge in [-0.25, -0.2) is 0 Å². The first-order valence-electron chi connectivity index (χ1n) is 6.61. The van der Waals surface area contributed by atoms with Crippen molar-refractivity contribution in [3.8, 4) is 0 Å². The van der Waals surface area contributed by atoms with Crippen LogP contribution in [0.25, 0.3) is 0 Å². The molecular weight excluding hydrogens is 230 g/mol. The molecule has 102 valence electrons. The first-order chi connectivity index (χ1) is 8.70. The van der Waals surface area contributed by atoms with Crippen LogP contribution < -0.4 is 5.73 Å². The Morgan fingerprint density at radius 2 is 2.33 bits per heavy atom. The third-order valence-electron chi connectivity index (χ3n) is 3.55. The molecule has 18 heavy (non-hydrogen) atoms. The highest BCUT2D eigenvalue weighted by Crippen LogP contribution is 2.21. The second-order valence-electron chi connectivity index (χ2n) is 4.95. The Morgan fingerprint density at radius 3 is 3.06 bits per heavy atom. The van der Waals surface area contributed by atoms with Gasteiger partial charge >= 0.3 is 0 Å². The van der Waals surface area contributed by atoms with Gasteiger partial charge in [-0.05, 0) is 13.3 Å². The highest BCUT2D eigenvalue weighted by Gasteiger charge is 2.26. The van der Waals surface area contributed by atoms with Crippen molar-refractivity contribution in [1.29, 1.82) is 0 Å².